The van der Waals surface area contributed by atoms with Gasteiger partial charge in [-0.1, -0.05) is 0 Å². The van der Waals surface area contributed by atoms with Crippen molar-refractivity contribution in [1.29, 1.82) is 0 Å². The first kappa shape index (κ1) is 27.3. The lowest BCUT2D eigenvalue weighted by molar-refractivity contribution is 0.00578. The number of esters is 1. The second-order valence-corrected chi connectivity index (χ2v) is 11.6. The van der Waals surface area contributed by atoms with E-state index in [2.05, 4.69) is 9.89 Å². The molecular formula is C27H42BN3O4. The molecule has 1 aromatic rings. The van der Waals surface area contributed by atoms with E-state index in [0.29, 0.717) is 11.5 Å². The molecule has 0 unspecified atom stereocenters. The van der Waals surface area contributed by atoms with Crippen molar-refractivity contribution >= 4 is 25.0 Å². The maximum atomic E-state index is 12.2. The lowest BCUT2D eigenvalue weighted by Crippen LogP contribution is -2.41. The first-order chi connectivity index (χ1) is 16.3. The van der Waals surface area contributed by atoms with Gasteiger partial charge in [0.15, 0.2) is 0 Å². The summed E-state index contributed by atoms with van der Waals surface area (Å²) in [4.78, 5) is 19.2. The molecule has 0 atom stereocenters. The SMILES string of the molecule is CC(C)(C)OC(=O)c1ccc(N2CCC(CCN=C/C(=C\N)B3OC(C)(C)C(C)(C)O3)CC2)cc1. The summed E-state index contributed by atoms with van der Waals surface area (Å²) in [5.74, 6) is 0.362. The van der Waals surface area contributed by atoms with Crippen molar-refractivity contribution in [1.82, 2.24) is 0 Å². The quantitative estimate of drug-likeness (QED) is 0.341. The molecule has 2 saturated heterocycles. The van der Waals surface area contributed by atoms with Crippen LogP contribution in [0, 0.1) is 5.92 Å². The Kier molecular flexibility index (Phi) is 8.38. The van der Waals surface area contributed by atoms with E-state index in [4.69, 9.17) is 19.8 Å². The van der Waals surface area contributed by atoms with Crippen molar-refractivity contribution in [2.75, 3.05) is 24.5 Å². The van der Waals surface area contributed by atoms with Gasteiger partial charge in [-0.25, -0.2) is 4.79 Å². The van der Waals surface area contributed by atoms with Crippen molar-refractivity contribution in [3.63, 3.8) is 0 Å². The van der Waals surface area contributed by atoms with Gasteiger partial charge in [-0.2, -0.15) is 0 Å². The Labute approximate surface area is 211 Å². The van der Waals surface area contributed by atoms with E-state index in [9.17, 15) is 4.79 Å². The van der Waals surface area contributed by atoms with Gasteiger partial charge in [0.05, 0.1) is 16.8 Å². The lowest BCUT2D eigenvalue weighted by Gasteiger charge is -2.33. The first-order valence-corrected chi connectivity index (χ1v) is 12.7. The summed E-state index contributed by atoms with van der Waals surface area (Å²) >= 11 is 0. The molecule has 0 aliphatic carbocycles. The standard InChI is InChI=1S/C27H42BN3O4/c1-25(2,3)33-24(32)21-8-10-23(11-9-21)31-16-13-20(14-17-31)12-15-30-19-22(18-29)28-34-26(4,5)27(6,7)35-28/h8-11,18-20H,12-17,29H2,1-7H3/b22-18+,30-19?. The van der Waals surface area contributed by atoms with Crippen molar-refractivity contribution in [2.24, 2.45) is 16.6 Å². The number of carbonyl (C=O) groups excluding carboxylic acids is 1. The van der Waals surface area contributed by atoms with Gasteiger partial charge in [0.2, 0.25) is 0 Å². The minimum atomic E-state index is -0.490. The van der Waals surface area contributed by atoms with Crippen molar-refractivity contribution in [3.8, 4) is 0 Å². The Morgan fingerprint density at radius 3 is 2.23 bits per heavy atom. The summed E-state index contributed by atoms with van der Waals surface area (Å²) in [7, 11) is -0.487. The number of hydrogen-bond donors (Lipinski definition) is 1. The Hall–Kier alpha value is -2.32. The number of piperidine rings is 1. The number of aliphatic imine (C=N–C) groups is 1. The zero-order valence-electron chi connectivity index (χ0n) is 22.5. The number of nitrogens with zero attached hydrogens (tertiary/aromatic N) is 2. The summed E-state index contributed by atoms with van der Waals surface area (Å²) in [6.45, 7) is 16.5. The molecule has 0 spiro atoms. The third kappa shape index (κ3) is 7.11. The topological polar surface area (TPSA) is 86.4 Å². The van der Waals surface area contributed by atoms with Gasteiger partial charge in [0, 0.05) is 37.0 Å². The highest BCUT2D eigenvalue weighted by molar-refractivity contribution is 6.60. The third-order valence-electron chi connectivity index (χ3n) is 7.11. The van der Waals surface area contributed by atoms with Crippen LogP contribution < -0.4 is 10.6 Å². The molecule has 0 radical (unpaired) electrons. The van der Waals surface area contributed by atoms with Crippen LogP contribution in [0.15, 0.2) is 40.9 Å². The number of rotatable bonds is 7. The summed E-state index contributed by atoms with van der Waals surface area (Å²) in [5.41, 5.74) is 7.04. The van der Waals surface area contributed by atoms with E-state index >= 15 is 0 Å². The number of allylic oxidation sites excluding steroid dienone is 1. The highest BCUT2D eigenvalue weighted by Gasteiger charge is 2.52. The largest absolute Gasteiger partial charge is 0.497 e. The smallest absolute Gasteiger partial charge is 0.456 e. The molecule has 35 heavy (non-hydrogen) atoms. The molecule has 0 amide bonds. The molecule has 2 N–H and O–H groups in total. The van der Waals surface area contributed by atoms with E-state index in [0.717, 1.165) is 50.1 Å². The molecule has 2 aliphatic rings. The Morgan fingerprint density at radius 1 is 1.14 bits per heavy atom. The van der Waals surface area contributed by atoms with Crippen LogP contribution >= 0.6 is 0 Å². The number of carbonyl (C=O) groups is 1. The van der Waals surface area contributed by atoms with Crippen LogP contribution in [0.3, 0.4) is 0 Å². The van der Waals surface area contributed by atoms with Crippen LogP contribution in [0.25, 0.3) is 0 Å². The molecule has 192 valence electrons. The van der Waals surface area contributed by atoms with Crippen LogP contribution in [-0.4, -0.2) is 55.7 Å². The zero-order valence-corrected chi connectivity index (χ0v) is 22.5. The van der Waals surface area contributed by atoms with Crippen LogP contribution in [0.2, 0.25) is 0 Å². The van der Waals surface area contributed by atoms with E-state index in [1.165, 1.54) is 6.20 Å². The summed E-state index contributed by atoms with van der Waals surface area (Å²) < 4.78 is 17.6. The maximum absolute atomic E-state index is 12.2. The van der Waals surface area contributed by atoms with Gasteiger partial charge in [-0.3, -0.25) is 4.99 Å². The highest BCUT2D eigenvalue weighted by Crippen LogP contribution is 2.38. The van der Waals surface area contributed by atoms with E-state index in [1.807, 2.05) is 72.7 Å². The van der Waals surface area contributed by atoms with Crippen molar-refractivity contribution in [3.05, 3.63) is 41.5 Å². The molecule has 0 bridgehead atoms. The summed E-state index contributed by atoms with van der Waals surface area (Å²) in [6.07, 6.45) is 6.62. The first-order valence-electron chi connectivity index (χ1n) is 12.7. The van der Waals surface area contributed by atoms with Gasteiger partial charge in [0.1, 0.15) is 5.60 Å². The minimum absolute atomic E-state index is 0.283. The Morgan fingerprint density at radius 2 is 1.71 bits per heavy atom. The second kappa shape index (κ2) is 10.7. The average molecular weight is 483 g/mol. The third-order valence-corrected chi connectivity index (χ3v) is 7.11. The molecule has 3 rings (SSSR count). The number of nitrogens with two attached hydrogens (primary N) is 1. The second-order valence-electron chi connectivity index (χ2n) is 11.6. The molecule has 1 aromatic carbocycles. The molecule has 8 heteroatoms. The van der Waals surface area contributed by atoms with Crippen LogP contribution in [0.1, 0.15) is 78.1 Å². The number of hydrogen-bond acceptors (Lipinski definition) is 7. The monoisotopic (exact) mass is 483 g/mol. The minimum Gasteiger partial charge on any atom is -0.456 e. The van der Waals surface area contributed by atoms with Gasteiger partial charge in [0.25, 0.3) is 0 Å². The van der Waals surface area contributed by atoms with E-state index < -0.39 is 23.9 Å². The van der Waals surface area contributed by atoms with Crippen molar-refractivity contribution in [2.45, 2.75) is 84.5 Å². The van der Waals surface area contributed by atoms with Crippen LogP contribution in [0.4, 0.5) is 5.69 Å². The predicted molar refractivity (Wildman–Crippen MR) is 143 cm³/mol. The zero-order chi connectivity index (χ0) is 25.9. The van der Waals surface area contributed by atoms with Gasteiger partial charge in [-0.05, 0) is 104 Å². The number of anilines is 1. The molecule has 2 heterocycles. The molecule has 7 nitrogen and oxygen atoms in total. The van der Waals surface area contributed by atoms with Crippen LogP contribution in [0.5, 0.6) is 0 Å². The molecule has 2 fully saturated rings. The number of benzene rings is 1. The summed E-state index contributed by atoms with van der Waals surface area (Å²) in [5, 5.41) is 0. The number of ether oxygens (including phenoxy) is 1. The van der Waals surface area contributed by atoms with Gasteiger partial charge >= 0.3 is 13.1 Å². The predicted octanol–water partition coefficient (Wildman–Crippen LogP) is 4.79. The van der Waals surface area contributed by atoms with Gasteiger partial charge < -0.3 is 24.7 Å². The van der Waals surface area contributed by atoms with Crippen molar-refractivity contribution < 1.29 is 18.8 Å². The Bertz CT molecular complexity index is 911. The fourth-order valence-corrected chi connectivity index (χ4v) is 4.21. The lowest BCUT2D eigenvalue weighted by atomic mass is 9.79. The van der Waals surface area contributed by atoms with E-state index in [-0.39, 0.29) is 5.97 Å². The molecule has 2 aliphatic heterocycles. The van der Waals surface area contributed by atoms with Crippen LogP contribution in [-0.2, 0) is 14.0 Å². The molecule has 0 saturated carbocycles. The highest BCUT2D eigenvalue weighted by atomic mass is 16.7. The summed E-state index contributed by atoms with van der Waals surface area (Å²) in [6, 6.07) is 7.74. The Balaban J connectivity index is 1.43. The maximum Gasteiger partial charge on any atom is 0.497 e. The van der Waals surface area contributed by atoms with Gasteiger partial charge in [-0.15, -0.1) is 0 Å². The fourth-order valence-electron chi connectivity index (χ4n) is 4.21. The normalized spacial score (nSPS) is 21.1. The average Bonchev–Trinajstić information content (AvgIpc) is 3.00. The molecular weight excluding hydrogens is 441 g/mol. The van der Waals surface area contributed by atoms with E-state index in [1.54, 1.807) is 6.21 Å². The molecule has 0 aromatic heterocycles. The fraction of sp³-hybridized carbons (Fsp3) is 0.630.